The van der Waals surface area contributed by atoms with Gasteiger partial charge in [-0.25, -0.2) is 0 Å². The summed E-state index contributed by atoms with van der Waals surface area (Å²) in [6.07, 6.45) is 1.19. The van der Waals surface area contributed by atoms with Gasteiger partial charge in [0, 0.05) is 19.3 Å². The Morgan fingerprint density at radius 2 is 2.06 bits per heavy atom. The first-order chi connectivity index (χ1) is 7.72. The van der Waals surface area contributed by atoms with E-state index in [2.05, 4.69) is 53.9 Å². The molecule has 1 aromatic rings. The molecule has 2 N–H and O–H groups in total. The second-order valence-electron chi connectivity index (χ2n) is 4.28. The number of anilines is 1. The van der Waals surface area contributed by atoms with Gasteiger partial charge in [-0.05, 0) is 51.3 Å². The highest BCUT2D eigenvalue weighted by molar-refractivity contribution is 5.44. The molecule has 0 atom stereocenters. The van der Waals surface area contributed by atoms with E-state index in [1.54, 1.807) is 0 Å². The van der Waals surface area contributed by atoms with Crippen molar-refractivity contribution in [1.82, 2.24) is 10.2 Å². The van der Waals surface area contributed by atoms with Gasteiger partial charge in [0.25, 0.3) is 0 Å². The number of benzene rings is 1. The summed E-state index contributed by atoms with van der Waals surface area (Å²) in [4.78, 5) is 2.21. The first kappa shape index (κ1) is 13.0. The highest BCUT2D eigenvalue weighted by Crippen LogP contribution is 2.09. The number of hydrogen-bond donors (Lipinski definition) is 2. The largest absolute Gasteiger partial charge is 0.388 e. The molecule has 1 aromatic carbocycles. The molecule has 0 spiro atoms. The molecule has 0 amide bonds. The zero-order chi connectivity index (χ0) is 11.8. The summed E-state index contributed by atoms with van der Waals surface area (Å²) in [5.41, 5.74) is 2.50. The quantitative estimate of drug-likeness (QED) is 0.687. The van der Waals surface area contributed by atoms with Gasteiger partial charge in [-0.15, -0.1) is 0 Å². The summed E-state index contributed by atoms with van der Waals surface area (Å²) in [5.74, 6) is 0. The van der Waals surface area contributed by atoms with Crippen molar-refractivity contribution in [2.75, 3.05) is 39.5 Å². The summed E-state index contributed by atoms with van der Waals surface area (Å²) in [6.45, 7) is 3.16. The Bertz CT molecular complexity index is 297. The fourth-order valence-electron chi connectivity index (χ4n) is 1.59. The SMILES string of the molecule is CNc1cccc(CNCCCN(C)C)c1. The molecule has 0 aliphatic heterocycles. The highest BCUT2D eigenvalue weighted by atomic mass is 15.0. The minimum Gasteiger partial charge on any atom is -0.388 e. The molecular formula is C13H23N3. The molecule has 3 heteroatoms. The lowest BCUT2D eigenvalue weighted by molar-refractivity contribution is 0.394. The minimum absolute atomic E-state index is 0.947. The zero-order valence-electron chi connectivity index (χ0n) is 10.6. The molecule has 0 radical (unpaired) electrons. The van der Waals surface area contributed by atoms with E-state index in [-0.39, 0.29) is 0 Å². The molecule has 16 heavy (non-hydrogen) atoms. The number of hydrogen-bond acceptors (Lipinski definition) is 3. The number of nitrogens with one attached hydrogen (secondary N) is 2. The Morgan fingerprint density at radius 1 is 1.25 bits per heavy atom. The molecule has 3 nitrogen and oxygen atoms in total. The monoisotopic (exact) mass is 221 g/mol. The van der Waals surface area contributed by atoms with E-state index in [0.29, 0.717) is 0 Å². The van der Waals surface area contributed by atoms with Crippen LogP contribution in [0.1, 0.15) is 12.0 Å². The molecule has 0 aromatic heterocycles. The Kier molecular flexibility index (Phi) is 5.90. The molecule has 0 saturated carbocycles. The molecule has 0 aliphatic rings. The molecule has 0 bridgehead atoms. The van der Waals surface area contributed by atoms with Crippen LogP contribution in [-0.2, 0) is 6.54 Å². The van der Waals surface area contributed by atoms with Crippen molar-refractivity contribution in [2.45, 2.75) is 13.0 Å². The van der Waals surface area contributed by atoms with Crippen molar-refractivity contribution in [1.29, 1.82) is 0 Å². The van der Waals surface area contributed by atoms with Gasteiger partial charge in [-0.1, -0.05) is 12.1 Å². The van der Waals surface area contributed by atoms with E-state index in [9.17, 15) is 0 Å². The minimum atomic E-state index is 0.947. The summed E-state index contributed by atoms with van der Waals surface area (Å²) < 4.78 is 0. The van der Waals surface area contributed by atoms with Gasteiger partial charge in [0.15, 0.2) is 0 Å². The van der Waals surface area contributed by atoms with Crippen LogP contribution in [0.4, 0.5) is 5.69 Å². The molecule has 1 rings (SSSR count). The number of rotatable bonds is 7. The fraction of sp³-hybridized carbons (Fsp3) is 0.538. The lowest BCUT2D eigenvalue weighted by Crippen LogP contribution is -2.21. The summed E-state index contributed by atoms with van der Waals surface area (Å²) in [7, 11) is 6.16. The Hall–Kier alpha value is -1.06. The van der Waals surface area contributed by atoms with E-state index in [0.717, 1.165) is 19.6 Å². The van der Waals surface area contributed by atoms with Gasteiger partial charge in [-0.3, -0.25) is 0 Å². The molecule has 90 valence electrons. The van der Waals surface area contributed by atoms with Crippen LogP contribution in [0.2, 0.25) is 0 Å². The normalized spacial score (nSPS) is 10.8. The van der Waals surface area contributed by atoms with E-state index < -0.39 is 0 Å². The second-order valence-corrected chi connectivity index (χ2v) is 4.28. The van der Waals surface area contributed by atoms with E-state index in [1.807, 2.05) is 7.05 Å². The van der Waals surface area contributed by atoms with Crippen LogP contribution in [-0.4, -0.2) is 39.1 Å². The fourth-order valence-corrected chi connectivity index (χ4v) is 1.59. The average molecular weight is 221 g/mol. The maximum atomic E-state index is 3.45. The second kappa shape index (κ2) is 7.25. The Balaban J connectivity index is 2.21. The predicted octanol–water partition coefficient (Wildman–Crippen LogP) is 1.77. The zero-order valence-corrected chi connectivity index (χ0v) is 10.6. The van der Waals surface area contributed by atoms with Gasteiger partial charge in [0.05, 0.1) is 0 Å². The summed E-state index contributed by atoms with van der Waals surface area (Å²) >= 11 is 0. The molecule has 0 aliphatic carbocycles. The van der Waals surface area contributed by atoms with Crippen molar-refractivity contribution >= 4 is 5.69 Å². The standard InChI is InChI=1S/C13H23N3/c1-14-13-7-4-6-12(10-13)11-15-8-5-9-16(2)3/h4,6-7,10,14-15H,5,8-9,11H2,1-3H3. The van der Waals surface area contributed by atoms with Crippen molar-refractivity contribution < 1.29 is 0 Å². The smallest absolute Gasteiger partial charge is 0.0340 e. The molecule has 0 heterocycles. The van der Waals surface area contributed by atoms with Gasteiger partial charge in [-0.2, -0.15) is 0 Å². The summed E-state index contributed by atoms with van der Waals surface area (Å²) in [6, 6.07) is 8.50. The van der Waals surface area contributed by atoms with E-state index >= 15 is 0 Å². The van der Waals surface area contributed by atoms with Crippen molar-refractivity contribution in [2.24, 2.45) is 0 Å². The van der Waals surface area contributed by atoms with Crippen LogP contribution >= 0.6 is 0 Å². The maximum absolute atomic E-state index is 3.45. The molecular weight excluding hydrogens is 198 g/mol. The summed E-state index contributed by atoms with van der Waals surface area (Å²) in [5, 5.41) is 6.60. The van der Waals surface area contributed by atoms with Crippen LogP contribution in [0.15, 0.2) is 24.3 Å². The molecule has 0 unspecified atom stereocenters. The third-order valence-corrected chi connectivity index (χ3v) is 2.50. The topological polar surface area (TPSA) is 27.3 Å². The predicted molar refractivity (Wildman–Crippen MR) is 70.9 cm³/mol. The highest BCUT2D eigenvalue weighted by Gasteiger charge is 1.95. The Morgan fingerprint density at radius 3 is 2.75 bits per heavy atom. The van der Waals surface area contributed by atoms with Crippen LogP contribution in [0.25, 0.3) is 0 Å². The first-order valence-electron chi connectivity index (χ1n) is 5.84. The van der Waals surface area contributed by atoms with Crippen molar-refractivity contribution in [3.63, 3.8) is 0 Å². The molecule has 0 saturated heterocycles. The number of nitrogens with zero attached hydrogens (tertiary/aromatic N) is 1. The van der Waals surface area contributed by atoms with Gasteiger partial charge < -0.3 is 15.5 Å². The van der Waals surface area contributed by atoms with Gasteiger partial charge in [0.2, 0.25) is 0 Å². The van der Waals surface area contributed by atoms with Gasteiger partial charge in [0.1, 0.15) is 0 Å². The first-order valence-corrected chi connectivity index (χ1v) is 5.84. The Labute approximate surface area is 98.8 Å². The lowest BCUT2D eigenvalue weighted by Gasteiger charge is -2.10. The third kappa shape index (κ3) is 5.14. The molecule has 0 fully saturated rings. The average Bonchev–Trinajstić information content (AvgIpc) is 2.28. The van der Waals surface area contributed by atoms with E-state index in [1.165, 1.54) is 17.7 Å². The van der Waals surface area contributed by atoms with Gasteiger partial charge >= 0.3 is 0 Å². The van der Waals surface area contributed by atoms with Crippen LogP contribution < -0.4 is 10.6 Å². The van der Waals surface area contributed by atoms with Crippen LogP contribution in [0.3, 0.4) is 0 Å². The maximum Gasteiger partial charge on any atom is 0.0340 e. The third-order valence-electron chi connectivity index (χ3n) is 2.50. The lowest BCUT2D eigenvalue weighted by atomic mass is 10.2. The van der Waals surface area contributed by atoms with Crippen LogP contribution in [0.5, 0.6) is 0 Å². The van der Waals surface area contributed by atoms with E-state index in [4.69, 9.17) is 0 Å². The van der Waals surface area contributed by atoms with Crippen molar-refractivity contribution in [3.8, 4) is 0 Å². The van der Waals surface area contributed by atoms with Crippen molar-refractivity contribution in [3.05, 3.63) is 29.8 Å². The van der Waals surface area contributed by atoms with Crippen LogP contribution in [0, 0.1) is 0 Å².